The molecule has 0 saturated carbocycles. The van der Waals surface area contributed by atoms with Crippen molar-refractivity contribution < 1.29 is 0 Å². The van der Waals surface area contributed by atoms with Crippen molar-refractivity contribution in [3.8, 4) is 66.8 Å². The molecule has 0 heterocycles. The molecule has 0 radical (unpaired) electrons. The number of hydrogen-bond donors (Lipinski definition) is 0. The zero-order valence-corrected chi connectivity index (χ0v) is 32.6. The zero-order valence-electron chi connectivity index (χ0n) is 32.6. The van der Waals surface area contributed by atoms with Crippen LogP contribution in [0.4, 0.5) is 17.1 Å². The quantitative estimate of drug-likeness (QED) is 0.142. The summed E-state index contributed by atoms with van der Waals surface area (Å²) in [6, 6.07) is 89.8. The Morgan fingerprint density at radius 3 is 1.22 bits per heavy atom. The van der Waals surface area contributed by atoms with E-state index in [4.69, 9.17) is 0 Å². The monoisotopic (exact) mass is 751 g/mol. The van der Waals surface area contributed by atoms with Crippen molar-refractivity contribution in [2.75, 3.05) is 4.90 Å². The van der Waals surface area contributed by atoms with Crippen LogP contribution in [0.25, 0.3) is 77.5 Å². The van der Waals surface area contributed by atoms with Crippen LogP contribution < -0.4 is 4.90 Å². The number of fused-ring (bicyclic) bond motifs is 1. The fraction of sp³-hybridized carbons (Fsp3) is 0. The lowest BCUT2D eigenvalue weighted by molar-refractivity contribution is 1.28. The Morgan fingerprint density at radius 1 is 0.220 bits per heavy atom. The number of para-hydroxylation sites is 1. The van der Waals surface area contributed by atoms with E-state index < -0.39 is 0 Å². The van der Waals surface area contributed by atoms with Gasteiger partial charge in [-0.2, -0.15) is 0 Å². The summed E-state index contributed by atoms with van der Waals surface area (Å²) < 4.78 is 0. The summed E-state index contributed by atoms with van der Waals surface area (Å²) in [6.07, 6.45) is 0. The molecule has 0 saturated heterocycles. The molecule has 0 fully saturated rings. The molecule has 0 spiro atoms. The molecule has 278 valence electrons. The second kappa shape index (κ2) is 16.0. The summed E-state index contributed by atoms with van der Waals surface area (Å²) in [5.41, 5.74) is 17.7. The van der Waals surface area contributed by atoms with Gasteiger partial charge in [-0.3, -0.25) is 0 Å². The van der Waals surface area contributed by atoms with Crippen LogP contribution in [0, 0.1) is 0 Å². The standard InChI is InChI=1S/C58H41N/c1-4-17-42(18-5-1)44-33-37-50(38-34-44)59(51-39-35-46(36-40-51)54-31-16-24-47-23-15-30-53(58(47)54)45-21-8-3-9-22-45)57-32-13-12-29-56(57)55-28-11-10-27-52(55)49-26-14-25-48(41-49)43-19-6-2-7-20-43/h1-41H. The maximum atomic E-state index is 2.41. The minimum Gasteiger partial charge on any atom is -0.310 e. The molecular weight excluding hydrogens is 711 g/mol. The predicted octanol–water partition coefficient (Wildman–Crippen LogP) is 16.3. The second-order valence-corrected chi connectivity index (χ2v) is 14.9. The highest BCUT2D eigenvalue weighted by Gasteiger charge is 2.20. The normalized spacial score (nSPS) is 11.1. The van der Waals surface area contributed by atoms with Crippen LogP contribution >= 0.6 is 0 Å². The van der Waals surface area contributed by atoms with Crippen molar-refractivity contribution >= 4 is 27.8 Å². The first-order valence-electron chi connectivity index (χ1n) is 20.3. The zero-order chi connectivity index (χ0) is 39.4. The van der Waals surface area contributed by atoms with Gasteiger partial charge in [0, 0.05) is 16.9 Å². The predicted molar refractivity (Wildman–Crippen MR) is 251 cm³/mol. The second-order valence-electron chi connectivity index (χ2n) is 14.9. The van der Waals surface area contributed by atoms with Gasteiger partial charge in [-0.05, 0) is 108 Å². The fourth-order valence-electron chi connectivity index (χ4n) is 8.45. The number of rotatable bonds is 9. The summed E-state index contributed by atoms with van der Waals surface area (Å²) >= 11 is 0. The molecule has 1 nitrogen and oxygen atoms in total. The van der Waals surface area contributed by atoms with Crippen LogP contribution in [0.15, 0.2) is 249 Å². The smallest absolute Gasteiger partial charge is 0.0540 e. The Balaban J connectivity index is 1.11. The Morgan fingerprint density at radius 2 is 0.610 bits per heavy atom. The van der Waals surface area contributed by atoms with Crippen molar-refractivity contribution in [3.63, 3.8) is 0 Å². The van der Waals surface area contributed by atoms with Crippen LogP contribution in [0.2, 0.25) is 0 Å². The minimum absolute atomic E-state index is 1.08. The Labute approximate surface area is 346 Å². The molecule has 0 amide bonds. The summed E-state index contributed by atoms with van der Waals surface area (Å²) in [4.78, 5) is 2.41. The van der Waals surface area contributed by atoms with E-state index in [2.05, 4.69) is 254 Å². The molecule has 10 rings (SSSR count). The molecule has 0 atom stereocenters. The number of hydrogen-bond acceptors (Lipinski definition) is 1. The van der Waals surface area contributed by atoms with Gasteiger partial charge in [-0.25, -0.2) is 0 Å². The molecule has 1 heteroatoms. The Bertz CT molecular complexity index is 3000. The summed E-state index contributed by atoms with van der Waals surface area (Å²) in [6.45, 7) is 0. The van der Waals surface area contributed by atoms with E-state index >= 15 is 0 Å². The summed E-state index contributed by atoms with van der Waals surface area (Å²) in [7, 11) is 0. The first-order valence-corrected chi connectivity index (χ1v) is 20.3. The minimum atomic E-state index is 1.08. The lowest BCUT2D eigenvalue weighted by atomic mass is 9.91. The third-order valence-corrected chi connectivity index (χ3v) is 11.3. The van der Waals surface area contributed by atoms with Crippen LogP contribution in [0.5, 0.6) is 0 Å². The molecule has 0 aliphatic carbocycles. The van der Waals surface area contributed by atoms with E-state index in [1.54, 1.807) is 0 Å². The van der Waals surface area contributed by atoms with Crippen LogP contribution in [-0.4, -0.2) is 0 Å². The van der Waals surface area contributed by atoms with E-state index in [-0.39, 0.29) is 0 Å². The number of benzene rings is 10. The highest BCUT2D eigenvalue weighted by atomic mass is 15.1. The van der Waals surface area contributed by atoms with Crippen LogP contribution in [0.1, 0.15) is 0 Å². The van der Waals surface area contributed by atoms with E-state index in [0.717, 1.165) is 22.6 Å². The van der Waals surface area contributed by atoms with E-state index in [1.807, 2.05) is 0 Å². The molecule has 0 aromatic heterocycles. The molecule has 10 aromatic carbocycles. The van der Waals surface area contributed by atoms with Gasteiger partial charge in [0.25, 0.3) is 0 Å². The molecule has 0 unspecified atom stereocenters. The Kier molecular flexibility index (Phi) is 9.68. The van der Waals surface area contributed by atoms with Gasteiger partial charge in [-0.15, -0.1) is 0 Å². The van der Waals surface area contributed by atoms with Crippen molar-refractivity contribution in [1.29, 1.82) is 0 Å². The van der Waals surface area contributed by atoms with Crippen molar-refractivity contribution in [3.05, 3.63) is 249 Å². The lowest BCUT2D eigenvalue weighted by Crippen LogP contribution is -2.11. The van der Waals surface area contributed by atoms with E-state index in [1.165, 1.54) is 72.0 Å². The van der Waals surface area contributed by atoms with Crippen molar-refractivity contribution in [2.24, 2.45) is 0 Å². The molecule has 0 bridgehead atoms. The van der Waals surface area contributed by atoms with Crippen LogP contribution in [-0.2, 0) is 0 Å². The largest absolute Gasteiger partial charge is 0.310 e. The maximum absolute atomic E-state index is 2.41. The molecule has 0 aliphatic heterocycles. The maximum Gasteiger partial charge on any atom is 0.0540 e. The van der Waals surface area contributed by atoms with Crippen molar-refractivity contribution in [1.82, 2.24) is 0 Å². The lowest BCUT2D eigenvalue weighted by Gasteiger charge is -2.29. The van der Waals surface area contributed by atoms with Gasteiger partial charge in [-0.1, -0.05) is 212 Å². The van der Waals surface area contributed by atoms with Gasteiger partial charge in [0.1, 0.15) is 0 Å². The summed E-state index contributed by atoms with van der Waals surface area (Å²) in [5.74, 6) is 0. The Hall–Kier alpha value is -7.74. The third kappa shape index (κ3) is 7.12. The third-order valence-electron chi connectivity index (χ3n) is 11.3. The molecule has 10 aromatic rings. The first kappa shape index (κ1) is 35.7. The number of anilines is 3. The average Bonchev–Trinajstić information content (AvgIpc) is 3.33. The average molecular weight is 752 g/mol. The highest BCUT2D eigenvalue weighted by Crippen LogP contribution is 2.45. The number of nitrogens with zero attached hydrogens (tertiary/aromatic N) is 1. The first-order chi connectivity index (χ1) is 29.3. The SMILES string of the molecule is c1ccc(-c2ccc(N(c3ccc(-c4cccc5cccc(-c6ccccc6)c45)cc3)c3ccccc3-c3ccccc3-c3cccc(-c4ccccc4)c3)cc2)cc1. The fourth-order valence-corrected chi connectivity index (χ4v) is 8.45. The summed E-state index contributed by atoms with van der Waals surface area (Å²) in [5, 5.41) is 2.50. The highest BCUT2D eigenvalue weighted by molar-refractivity contribution is 6.06. The molecule has 0 N–H and O–H groups in total. The molecular formula is C58H41N. The van der Waals surface area contributed by atoms with Gasteiger partial charge in [0.05, 0.1) is 5.69 Å². The van der Waals surface area contributed by atoms with Crippen molar-refractivity contribution in [2.45, 2.75) is 0 Å². The van der Waals surface area contributed by atoms with Gasteiger partial charge in [0.15, 0.2) is 0 Å². The van der Waals surface area contributed by atoms with E-state index in [9.17, 15) is 0 Å². The van der Waals surface area contributed by atoms with Gasteiger partial charge >= 0.3 is 0 Å². The van der Waals surface area contributed by atoms with Crippen LogP contribution in [0.3, 0.4) is 0 Å². The van der Waals surface area contributed by atoms with Gasteiger partial charge in [0.2, 0.25) is 0 Å². The molecule has 0 aliphatic rings. The van der Waals surface area contributed by atoms with E-state index in [0.29, 0.717) is 0 Å². The van der Waals surface area contributed by atoms with Gasteiger partial charge < -0.3 is 4.90 Å². The topological polar surface area (TPSA) is 3.24 Å². The molecule has 59 heavy (non-hydrogen) atoms.